The molecule has 1 atom stereocenters. The van der Waals surface area contributed by atoms with E-state index in [2.05, 4.69) is 5.32 Å². The zero-order valence-electron chi connectivity index (χ0n) is 16.8. The largest absolute Gasteiger partial charge is 0.497 e. The summed E-state index contributed by atoms with van der Waals surface area (Å²) < 4.78 is 18.5. The number of hydrogen-bond acceptors (Lipinski definition) is 4. The van der Waals surface area contributed by atoms with Crippen molar-refractivity contribution in [2.24, 2.45) is 0 Å². The molecule has 1 unspecified atom stereocenters. The lowest BCUT2D eigenvalue weighted by Gasteiger charge is -2.22. The Kier molecular flexibility index (Phi) is 7.19. The highest BCUT2D eigenvalue weighted by Crippen LogP contribution is 2.22. The van der Waals surface area contributed by atoms with Gasteiger partial charge in [-0.3, -0.25) is 9.59 Å². The van der Waals surface area contributed by atoms with Crippen molar-refractivity contribution in [3.8, 4) is 5.75 Å². The summed E-state index contributed by atoms with van der Waals surface area (Å²) >= 11 is 1.34. The van der Waals surface area contributed by atoms with Crippen LogP contribution < -0.4 is 10.1 Å². The predicted molar refractivity (Wildman–Crippen MR) is 115 cm³/mol. The molecule has 0 aliphatic rings. The second-order valence-corrected chi connectivity index (χ2v) is 7.81. The summed E-state index contributed by atoms with van der Waals surface area (Å²) in [4.78, 5) is 27.1. The minimum absolute atomic E-state index is 0.0627. The third-order valence-corrected chi connectivity index (χ3v) is 5.52. The van der Waals surface area contributed by atoms with Gasteiger partial charge in [0.05, 0.1) is 24.6 Å². The molecule has 1 heterocycles. The van der Waals surface area contributed by atoms with Gasteiger partial charge < -0.3 is 15.0 Å². The molecule has 0 fully saturated rings. The van der Waals surface area contributed by atoms with Crippen LogP contribution in [-0.2, 0) is 11.2 Å². The van der Waals surface area contributed by atoms with Crippen LogP contribution >= 0.6 is 11.3 Å². The molecule has 3 aromatic rings. The first-order valence-electron chi connectivity index (χ1n) is 9.43. The van der Waals surface area contributed by atoms with Crippen molar-refractivity contribution >= 4 is 23.2 Å². The average molecular weight is 427 g/mol. The Bertz CT molecular complexity index is 973. The highest BCUT2D eigenvalue weighted by Gasteiger charge is 2.20. The molecular formula is C23H23FN2O3S. The van der Waals surface area contributed by atoms with Gasteiger partial charge in [-0.2, -0.15) is 0 Å². The number of nitrogens with one attached hydrogen (secondary N) is 1. The average Bonchev–Trinajstić information content (AvgIpc) is 3.29. The van der Waals surface area contributed by atoms with Crippen LogP contribution in [0, 0.1) is 5.82 Å². The number of benzene rings is 2. The van der Waals surface area contributed by atoms with Crippen molar-refractivity contribution in [1.29, 1.82) is 0 Å². The standard InChI is InChI=1S/C23H23FN2O3S/c1-26(23(28)21-4-3-13-30-21)15-22(27)25-20(14-16-5-9-18(24)10-6-16)17-7-11-19(29-2)12-8-17/h3-13,20H,14-15H2,1-2H3,(H,25,27). The molecular weight excluding hydrogens is 403 g/mol. The van der Waals surface area contributed by atoms with Gasteiger partial charge in [0.15, 0.2) is 0 Å². The van der Waals surface area contributed by atoms with E-state index in [4.69, 9.17) is 4.74 Å². The van der Waals surface area contributed by atoms with Crippen molar-refractivity contribution in [3.05, 3.63) is 87.9 Å². The second-order valence-electron chi connectivity index (χ2n) is 6.86. The highest BCUT2D eigenvalue weighted by molar-refractivity contribution is 7.12. The predicted octanol–water partition coefficient (Wildman–Crippen LogP) is 4.07. The maximum atomic E-state index is 13.3. The summed E-state index contributed by atoms with van der Waals surface area (Å²) in [5, 5.41) is 4.82. The van der Waals surface area contributed by atoms with E-state index in [0.717, 1.165) is 11.1 Å². The van der Waals surface area contributed by atoms with Crippen LogP contribution in [0.1, 0.15) is 26.8 Å². The molecule has 0 aliphatic carbocycles. The monoisotopic (exact) mass is 426 g/mol. The minimum Gasteiger partial charge on any atom is -0.497 e. The number of halogens is 1. The number of rotatable bonds is 8. The van der Waals surface area contributed by atoms with Crippen LogP contribution in [0.5, 0.6) is 5.75 Å². The zero-order chi connectivity index (χ0) is 21.5. The first-order chi connectivity index (χ1) is 14.5. The van der Waals surface area contributed by atoms with E-state index >= 15 is 0 Å². The van der Waals surface area contributed by atoms with Gasteiger partial charge in [-0.1, -0.05) is 30.3 Å². The van der Waals surface area contributed by atoms with Crippen molar-refractivity contribution in [2.45, 2.75) is 12.5 Å². The number of ether oxygens (including phenoxy) is 1. The number of nitrogens with zero attached hydrogens (tertiary/aromatic N) is 1. The Balaban J connectivity index is 1.72. The van der Waals surface area contributed by atoms with Crippen molar-refractivity contribution in [3.63, 3.8) is 0 Å². The minimum atomic E-state index is -0.334. The first kappa shape index (κ1) is 21.5. The maximum absolute atomic E-state index is 13.3. The molecule has 0 aliphatic heterocycles. The van der Waals surface area contributed by atoms with E-state index in [1.54, 1.807) is 38.4 Å². The molecule has 0 radical (unpaired) electrons. The van der Waals surface area contributed by atoms with E-state index in [1.165, 1.54) is 28.4 Å². The van der Waals surface area contributed by atoms with E-state index in [9.17, 15) is 14.0 Å². The van der Waals surface area contributed by atoms with Crippen LogP contribution in [-0.4, -0.2) is 37.4 Å². The van der Waals surface area contributed by atoms with Gasteiger partial charge in [0.25, 0.3) is 5.91 Å². The number of carbonyl (C=O) groups excluding carboxylic acids is 2. The van der Waals surface area contributed by atoms with Gasteiger partial charge in [0.1, 0.15) is 11.6 Å². The van der Waals surface area contributed by atoms with E-state index in [0.29, 0.717) is 17.0 Å². The molecule has 7 heteroatoms. The molecule has 1 aromatic heterocycles. The number of thiophene rings is 1. The van der Waals surface area contributed by atoms with Crippen LogP contribution in [0.4, 0.5) is 4.39 Å². The smallest absolute Gasteiger partial charge is 0.264 e. The van der Waals surface area contributed by atoms with Crippen LogP contribution in [0.3, 0.4) is 0 Å². The van der Waals surface area contributed by atoms with Gasteiger partial charge in [-0.25, -0.2) is 4.39 Å². The highest BCUT2D eigenvalue weighted by atomic mass is 32.1. The topological polar surface area (TPSA) is 58.6 Å². The molecule has 156 valence electrons. The van der Waals surface area contributed by atoms with Crippen LogP contribution in [0.25, 0.3) is 0 Å². The fourth-order valence-corrected chi connectivity index (χ4v) is 3.78. The van der Waals surface area contributed by atoms with Gasteiger partial charge in [-0.05, 0) is 53.3 Å². The normalized spacial score (nSPS) is 11.6. The van der Waals surface area contributed by atoms with Gasteiger partial charge in [-0.15, -0.1) is 11.3 Å². The molecule has 2 aromatic carbocycles. The van der Waals surface area contributed by atoms with E-state index < -0.39 is 0 Å². The lowest BCUT2D eigenvalue weighted by Crippen LogP contribution is -2.40. The van der Waals surface area contributed by atoms with Gasteiger partial charge in [0, 0.05) is 7.05 Å². The third-order valence-electron chi connectivity index (χ3n) is 4.67. The summed E-state index contributed by atoms with van der Waals surface area (Å²) in [5.41, 5.74) is 1.78. The lowest BCUT2D eigenvalue weighted by atomic mass is 9.98. The Labute approximate surface area is 179 Å². The van der Waals surface area contributed by atoms with Crippen LogP contribution in [0.2, 0.25) is 0 Å². The van der Waals surface area contributed by atoms with Gasteiger partial charge >= 0.3 is 0 Å². The van der Waals surface area contributed by atoms with Crippen molar-refractivity contribution < 1.29 is 18.7 Å². The number of methoxy groups -OCH3 is 1. The molecule has 2 amide bonds. The third kappa shape index (κ3) is 5.67. The maximum Gasteiger partial charge on any atom is 0.264 e. The number of carbonyl (C=O) groups is 2. The van der Waals surface area contributed by atoms with Gasteiger partial charge in [0.2, 0.25) is 5.91 Å². The summed E-state index contributed by atoms with van der Waals surface area (Å²) in [5.74, 6) is -0.0607. The Morgan fingerprint density at radius 1 is 1.10 bits per heavy atom. The summed E-state index contributed by atoms with van der Waals surface area (Å²) in [6.45, 7) is -0.0627. The molecule has 0 saturated heterocycles. The molecule has 3 rings (SSSR count). The fraction of sp³-hybridized carbons (Fsp3) is 0.217. The Morgan fingerprint density at radius 2 is 1.80 bits per heavy atom. The van der Waals surface area contributed by atoms with Crippen LogP contribution in [0.15, 0.2) is 66.0 Å². The number of likely N-dealkylation sites (N-methyl/N-ethyl adjacent to an activating group) is 1. The summed E-state index contributed by atoms with van der Waals surface area (Å²) in [7, 11) is 3.19. The fourth-order valence-electron chi connectivity index (χ4n) is 3.06. The molecule has 0 bridgehead atoms. The number of hydrogen-bond donors (Lipinski definition) is 1. The van der Waals surface area contributed by atoms with E-state index in [1.807, 2.05) is 29.6 Å². The summed E-state index contributed by atoms with van der Waals surface area (Å²) in [6.07, 6.45) is 0.487. The molecule has 5 nitrogen and oxygen atoms in total. The quantitative estimate of drug-likeness (QED) is 0.591. The Hall–Kier alpha value is -3.19. The van der Waals surface area contributed by atoms with Crippen molar-refractivity contribution in [1.82, 2.24) is 10.2 Å². The van der Waals surface area contributed by atoms with Crippen molar-refractivity contribution in [2.75, 3.05) is 20.7 Å². The Morgan fingerprint density at radius 3 is 2.40 bits per heavy atom. The molecule has 0 spiro atoms. The second kappa shape index (κ2) is 10.0. The molecule has 30 heavy (non-hydrogen) atoms. The molecule has 1 N–H and O–H groups in total. The molecule has 0 saturated carbocycles. The SMILES string of the molecule is COc1ccc(C(Cc2ccc(F)cc2)NC(=O)CN(C)C(=O)c2cccs2)cc1. The van der Waals surface area contributed by atoms with E-state index in [-0.39, 0.29) is 30.2 Å². The number of amides is 2. The lowest BCUT2D eigenvalue weighted by molar-refractivity contribution is -0.122. The zero-order valence-corrected chi connectivity index (χ0v) is 17.6. The first-order valence-corrected chi connectivity index (χ1v) is 10.3. The summed E-state index contributed by atoms with van der Waals surface area (Å²) in [6, 6.07) is 16.8.